The molecule has 4 rings (SSSR count). The average Bonchev–Trinajstić information content (AvgIpc) is 3.28. The van der Waals surface area contributed by atoms with Crippen molar-refractivity contribution in [2.24, 2.45) is 5.10 Å². The van der Waals surface area contributed by atoms with Crippen molar-refractivity contribution in [2.75, 3.05) is 0 Å². The molecule has 0 spiro atoms. The Labute approximate surface area is 158 Å². The molecule has 0 bridgehead atoms. The number of hydrazone groups is 1. The molecule has 0 saturated carbocycles. The van der Waals surface area contributed by atoms with Gasteiger partial charge in [0.1, 0.15) is 5.82 Å². The van der Waals surface area contributed by atoms with Crippen LogP contribution in [0.4, 0.5) is 0 Å². The molecule has 1 aliphatic heterocycles. The van der Waals surface area contributed by atoms with Crippen molar-refractivity contribution in [1.82, 2.24) is 15.0 Å². The number of halogens is 1. The second kappa shape index (κ2) is 6.66. The third-order valence-electron chi connectivity index (χ3n) is 4.33. The lowest BCUT2D eigenvalue weighted by Crippen LogP contribution is -2.22. The third-order valence-corrected chi connectivity index (χ3v) is 5.67. The first-order chi connectivity index (χ1) is 12.5. The van der Waals surface area contributed by atoms with E-state index in [0.29, 0.717) is 33.1 Å². The van der Waals surface area contributed by atoms with Crippen LogP contribution in [0.3, 0.4) is 0 Å². The smallest absolute Gasteiger partial charge is 0.271 e. The summed E-state index contributed by atoms with van der Waals surface area (Å²) < 4.78 is 2.38. The van der Waals surface area contributed by atoms with E-state index < -0.39 is 0 Å². The molecule has 2 aromatic heterocycles. The minimum absolute atomic E-state index is 0.0436. The van der Waals surface area contributed by atoms with Gasteiger partial charge in [-0.1, -0.05) is 11.6 Å². The number of amides is 1. The number of nitrogens with zero attached hydrogens (tertiary/aromatic N) is 3. The van der Waals surface area contributed by atoms with Crippen LogP contribution >= 0.6 is 22.9 Å². The molecular formula is C18H15ClN4O2S. The molecule has 132 valence electrons. The summed E-state index contributed by atoms with van der Waals surface area (Å²) in [5.41, 5.74) is 4.12. The number of hydrogen-bond donors (Lipinski definition) is 1. The molecule has 0 saturated heterocycles. The van der Waals surface area contributed by atoms with Crippen LogP contribution in [0.1, 0.15) is 34.4 Å². The molecule has 3 aromatic rings. The predicted molar refractivity (Wildman–Crippen MR) is 103 cm³/mol. The van der Waals surface area contributed by atoms with Gasteiger partial charge >= 0.3 is 0 Å². The summed E-state index contributed by atoms with van der Waals surface area (Å²) in [5.74, 6) is 0.430. The SMILES string of the molecule is C/C(=N/NC(=O)c1ccc2c(=O)n3c(nc2c1)CCC3)c1ccc(Cl)s1. The third kappa shape index (κ3) is 3.04. The van der Waals surface area contributed by atoms with Crippen molar-refractivity contribution in [2.45, 2.75) is 26.3 Å². The quantitative estimate of drug-likeness (QED) is 0.554. The van der Waals surface area contributed by atoms with E-state index in [1.165, 1.54) is 11.3 Å². The van der Waals surface area contributed by atoms with Gasteiger partial charge in [0.25, 0.3) is 11.5 Å². The lowest BCUT2D eigenvalue weighted by molar-refractivity contribution is 0.0955. The Bertz CT molecular complexity index is 1120. The Hall–Kier alpha value is -2.51. The van der Waals surface area contributed by atoms with E-state index >= 15 is 0 Å². The maximum Gasteiger partial charge on any atom is 0.271 e. The number of hydrogen-bond acceptors (Lipinski definition) is 5. The van der Waals surface area contributed by atoms with Crippen molar-refractivity contribution in [3.63, 3.8) is 0 Å². The van der Waals surface area contributed by atoms with Crippen LogP contribution in [0, 0.1) is 0 Å². The largest absolute Gasteiger partial charge is 0.296 e. The number of benzene rings is 1. The first-order valence-corrected chi connectivity index (χ1v) is 9.36. The molecule has 26 heavy (non-hydrogen) atoms. The zero-order valence-electron chi connectivity index (χ0n) is 14.0. The molecule has 0 radical (unpaired) electrons. The number of carbonyl (C=O) groups excluding carboxylic acids is 1. The summed E-state index contributed by atoms with van der Waals surface area (Å²) in [6.45, 7) is 2.51. The molecule has 3 heterocycles. The van der Waals surface area contributed by atoms with E-state index in [4.69, 9.17) is 11.6 Å². The van der Waals surface area contributed by atoms with Crippen LogP contribution in [-0.2, 0) is 13.0 Å². The topological polar surface area (TPSA) is 76.3 Å². The fourth-order valence-corrected chi connectivity index (χ4v) is 3.98. The van der Waals surface area contributed by atoms with Gasteiger partial charge in [-0.25, -0.2) is 10.4 Å². The van der Waals surface area contributed by atoms with E-state index in [-0.39, 0.29) is 11.5 Å². The average molecular weight is 387 g/mol. The van der Waals surface area contributed by atoms with Crippen LogP contribution in [-0.4, -0.2) is 21.2 Å². The highest BCUT2D eigenvalue weighted by Gasteiger charge is 2.17. The normalized spacial score (nSPS) is 13.8. The highest BCUT2D eigenvalue weighted by molar-refractivity contribution is 7.18. The Morgan fingerprint density at radius 2 is 2.19 bits per heavy atom. The predicted octanol–water partition coefficient (Wildman–Crippen LogP) is 3.21. The maximum absolute atomic E-state index is 12.5. The van der Waals surface area contributed by atoms with Crippen LogP contribution in [0.25, 0.3) is 10.9 Å². The van der Waals surface area contributed by atoms with Crippen molar-refractivity contribution >= 4 is 45.5 Å². The van der Waals surface area contributed by atoms with Crippen molar-refractivity contribution in [3.8, 4) is 0 Å². The minimum Gasteiger partial charge on any atom is -0.296 e. The van der Waals surface area contributed by atoms with Gasteiger partial charge in [-0.2, -0.15) is 5.10 Å². The van der Waals surface area contributed by atoms with Gasteiger partial charge in [0.2, 0.25) is 0 Å². The van der Waals surface area contributed by atoms with E-state index in [1.807, 2.05) is 6.07 Å². The van der Waals surface area contributed by atoms with Gasteiger partial charge in [0.15, 0.2) is 0 Å². The van der Waals surface area contributed by atoms with Gasteiger partial charge in [-0.3, -0.25) is 14.2 Å². The molecule has 1 aliphatic rings. The highest BCUT2D eigenvalue weighted by atomic mass is 35.5. The molecule has 6 nitrogen and oxygen atoms in total. The molecule has 0 aliphatic carbocycles. The molecule has 8 heteroatoms. The summed E-state index contributed by atoms with van der Waals surface area (Å²) in [6, 6.07) is 8.55. The molecule has 0 fully saturated rings. The van der Waals surface area contributed by atoms with Crippen molar-refractivity contribution < 1.29 is 4.79 Å². The van der Waals surface area contributed by atoms with Crippen LogP contribution < -0.4 is 11.0 Å². The van der Waals surface area contributed by atoms with Crippen LogP contribution in [0.5, 0.6) is 0 Å². The van der Waals surface area contributed by atoms with Crippen molar-refractivity contribution in [3.05, 3.63) is 61.3 Å². The first-order valence-electron chi connectivity index (χ1n) is 8.17. The summed E-state index contributed by atoms with van der Waals surface area (Å²) in [5, 5.41) is 4.65. The van der Waals surface area contributed by atoms with Crippen molar-refractivity contribution in [1.29, 1.82) is 0 Å². The molecule has 1 aromatic carbocycles. The minimum atomic E-state index is -0.351. The molecular weight excluding hydrogens is 372 g/mol. The van der Waals surface area contributed by atoms with E-state index in [1.54, 1.807) is 35.8 Å². The zero-order chi connectivity index (χ0) is 18.3. The molecule has 1 amide bonds. The van der Waals surface area contributed by atoms with E-state index in [2.05, 4.69) is 15.5 Å². The molecule has 0 unspecified atom stereocenters. The fourth-order valence-electron chi connectivity index (χ4n) is 2.99. The maximum atomic E-state index is 12.5. The molecule has 1 N–H and O–H groups in total. The van der Waals surface area contributed by atoms with Gasteiger partial charge in [-0.15, -0.1) is 11.3 Å². The van der Waals surface area contributed by atoms with Crippen LogP contribution in [0.15, 0.2) is 40.2 Å². The Morgan fingerprint density at radius 3 is 2.96 bits per heavy atom. The van der Waals surface area contributed by atoms with Gasteiger partial charge in [-0.05, 0) is 43.7 Å². The summed E-state index contributed by atoms with van der Waals surface area (Å²) >= 11 is 7.31. The fraction of sp³-hybridized carbons (Fsp3) is 0.222. The lowest BCUT2D eigenvalue weighted by atomic mass is 10.1. The van der Waals surface area contributed by atoms with Crippen LogP contribution in [0.2, 0.25) is 4.34 Å². The van der Waals surface area contributed by atoms with Gasteiger partial charge < -0.3 is 0 Å². The standard InChI is InChI=1S/C18H15ClN4O2S/c1-10(14-6-7-15(19)26-14)21-22-17(24)11-4-5-12-13(9-11)20-16-3-2-8-23(16)18(12)25/h4-7,9H,2-3,8H2,1H3,(H,22,24)/b21-10-. The summed E-state index contributed by atoms with van der Waals surface area (Å²) in [6.07, 6.45) is 1.71. The Balaban J connectivity index is 1.61. The Morgan fingerprint density at radius 1 is 1.35 bits per heavy atom. The summed E-state index contributed by atoms with van der Waals surface area (Å²) in [7, 11) is 0. The number of carbonyl (C=O) groups is 1. The Kier molecular flexibility index (Phi) is 4.34. The second-order valence-corrected chi connectivity index (χ2v) is 7.78. The highest BCUT2D eigenvalue weighted by Crippen LogP contribution is 2.22. The number of rotatable bonds is 3. The monoisotopic (exact) mass is 386 g/mol. The van der Waals surface area contributed by atoms with Gasteiger partial charge in [0.05, 0.1) is 25.8 Å². The number of nitrogens with one attached hydrogen (secondary N) is 1. The second-order valence-electron chi connectivity index (χ2n) is 6.06. The lowest BCUT2D eigenvalue weighted by Gasteiger charge is -2.06. The van der Waals surface area contributed by atoms with Gasteiger partial charge in [0, 0.05) is 18.5 Å². The zero-order valence-corrected chi connectivity index (χ0v) is 15.5. The first kappa shape index (κ1) is 16.9. The number of fused-ring (bicyclic) bond motifs is 2. The number of aromatic nitrogens is 2. The summed E-state index contributed by atoms with van der Waals surface area (Å²) in [4.78, 5) is 30.3. The van der Waals surface area contributed by atoms with E-state index in [0.717, 1.165) is 23.5 Å². The number of aryl methyl sites for hydroxylation is 1. The number of thiophene rings is 1. The van der Waals surface area contributed by atoms with E-state index in [9.17, 15) is 9.59 Å². The molecule has 0 atom stereocenters.